The molecule has 0 aliphatic heterocycles. The second-order valence-electron chi connectivity index (χ2n) is 8.01. The molecule has 1 N–H and O–H groups in total. The zero-order valence-electron chi connectivity index (χ0n) is 17.2. The number of aliphatic hydroxyl groups is 1. The summed E-state index contributed by atoms with van der Waals surface area (Å²) in [5, 5.41) is 8.88. The number of hydrogen-bond acceptors (Lipinski definition) is 3. The van der Waals surface area contributed by atoms with Gasteiger partial charge in [-0.2, -0.15) is 0 Å². The first kappa shape index (κ1) is 20.7. The zero-order chi connectivity index (χ0) is 20.1. The first-order valence-corrected chi connectivity index (χ1v) is 9.40. The first-order chi connectivity index (χ1) is 12.7. The molecule has 144 valence electrons. The molecule has 2 aromatic rings. The molecule has 2 aromatic carbocycles. The Hall–Kier alpha value is -2.60. The highest BCUT2D eigenvalue weighted by atomic mass is 16.5. The lowest BCUT2D eigenvalue weighted by atomic mass is 9.88. The average Bonchev–Trinajstić information content (AvgIpc) is 2.62. The Balaban J connectivity index is 2.13. The molecular weight excluding hydrogens is 336 g/mol. The number of benzene rings is 2. The van der Waals surface area contributed by atoms with E-state index in [0.717, 1.165) is 29.0 Å². The van der Waals surface area contributed by atoms with Crippen molar-refractivity contribution in [1.82, 2.24) is 0 Å². The van der Waals surface area contributed by atoms with E-state index in [9.17, 15) is 0 Å². The van der Waals surface area contributed by atoms with Crippen LogP contribution in [0.5, 0.6) is 11.5 Å². The number of hydrogen-bond donors (Lipinski definition) is 1. The maximum atomic E-state index is 8.88. The van der Waals surface area contributed by atoms with Gasteiger partial charge in [-0.3, -0.25) is 0 Å². The second-order valence-corrected chi connectivity index (χ2v) is 8.01. The smallest absolute Gasteiger partial charge is 0.120 e. The first-order valence-electron chi connectivity index (χ1n) is 9.40. The largest absolute Gasteiger partial charge is 0.488 e. The molecule has 2 rings (SSSR count). The van der Waals surface area contributed by atoms with E-state index in [1.165, 1.54) is 0 Å². The van der Waals surface area contributed by atoms with Crippen molar-refractivity contribution in [2.24, 2.45) is 5.92 Å². The van der Waals surface area contributed by atoms with Crippen LogP contribution in [0.25, 0.3) is 11.1 Å². The fourth-order valence-corrected chi connectivity index (χ4v) is 2.77. The van der Waals surface area contributed by atoms with Crippen molar-refractivity contribution in [3.63, 3.8) is 0 Å². The van der Waals surface area contributed by atoms with Gasteiger partial charge in [0.15, 0.2) is 0 Å². The van der Waals surface area contributed by atoms with Crippen LogP contribution >= 0.6 is 0 Å². The van der Waals surface area contributed by atoms with Crippen LogP contribution in [0.15, 0.2) is 48.5 Å². The van der Waals surface area contributed by atoms with E-state index in [-0.39, 0.29) is 11.5 Å². The van der Waals surface area contributed by atoms with Gasteiger partial charge >= 0.3 is 0 Å². The number of aliphatic hydroxyl groups excluding tert-OH is 1. The Bertz CT molecular complexity index is 789. The predicted octanol–water partition coefficient (Wildman–Crippen LogP) is 6.05. The van der Waals surface area contributed by atoms with E-state index in [0.29, 0.717) is 0 Å². The van der Waals surface area contributed by atoms with Crippen molar-refractivity contribution in [1.29, 1.82) is 0 Å². The average molecular weight is 367 g/mol. The molecule has 0 amide bonds. The number of rotatable bonds is 6. The van der Waals surface area contributed by atoms with Crippen LogP contribution in [-0.4, -0.2) is 16.3 Å². The van der Waals surface area contributed by atoms with E-state index in [1.54, 1.807) is 0 Å². The maximum Gasteiger partial charge on any atom is 0.120 e. The van der Waals surface area contributed by atoms with Crippen molar-refractivity contribution in [2.75, 3.05) is 0 Å². The number of ether oxygens (including phenoxy) is 2. The Morgan fingerprint density at radius 1 is 0.852 bits per heavy atom. The van der Waals surface area contributed by atoms with Crippen LogP contribution in [0.3, 0.4) is 0 Å². The summed E-state index contributed by atoms with van der Waals surface area (Å²) in [6.07, 6.45) is 2.79. The third-order valence-electron chi connectivity index (χ3n) is 4.72. The van der Waals surface area contributed by atoms with Crippen molar-refractivity contribution >= 4 is 0 Å². The van der Waals surface area contributed by atoms with Gasteiger partial charge in [-0.25, -0.2) is 0 Å². The molecular formula is C24H30O3. The molecule has 0 spiro atoms. The molecule has 0 saturated heterocycles. The Morgan fingerprint density at radius 2 is 1.30 bits per heavy atom. The minimum absolute atomic E-state index is 0.0810. The minimum Gasteiger partial charge on any atom is -0.488 e. The lowest BCUT2D eigenvalue weighted by Crippen LogP contribution is -2.38. The lowest BCUT2D eigenvalue weighted by molar-refractivity contribution is 0.0515. The topological polar surface area (TPSA) is 38.7 Å². The Labute approximate surface area is 163 Å². The normalized spacial score (nSPS) is 14.4. The van der Waals surface area contributed by atoms with Crippen LogP contribution < -0.4 is 9.47 Å². The Kier molecular flexibility index (Phi) is 6.44. The summed E-state index contributed by atoms with van der Waals surface area (Å²) in [5.41, 5.74) is 1.58. The molecule has 0 fully saturated rings. The highest BCUT2D eigenvalue weighted by Crippen LogP contribution is 2.30. The van der Waals surface area contributed by atoms with Crippen LogP contribution in [0.2, 0.25) is 0 Å². The summed E-state index contributed by atoms with van der Waals surface area (Å²) in [6, 6.07) is 16.2. The summed E-state index contributed by atoms with van der Waals surface area (Å²) >= 11 is 0. The molecule has 0 aliphatic rings. The van der Waals surface area contributed by atoms with Crippen LogP contribution in [0.4, 0.5) is 0 Å². The third kappa shape index (κ3) is 5.69. The van der Waals surface area contributed by atoms with Crippen molar-refractivity contribution in [3.8, 4) is 34.7 Å². The van der Waals surface area contributed by atoms with Gasteiger partial charge < -0.3 is 14.6 Å². The predicted molar refractivity (Wildman–Crippen MR) is 110 cm³/mol. The molecule has 0 bridgehead atoms. The maximum absolute atomic E-state index is 8.88. The van der Waals surface area contributed by atoms with Crippen molar-refractivity contribution in [2.45, 2.75) is 59.2 Å². The van der Waals surface area contributed by atoms with E-state index in [4.69, 9.17) is 14.6 Å². The molecule has 0 aliphatic carbocycles. The zero-order valence-corrected chi connectivity index (χ0v) is 17.2. The summed E-state index contributed by atoms with van der Waals surface area (Å²) in [5.74, 6) is 4.36. The lowest BCUT2D eigenvalue weighted by Gasteiger charge is -2.32. The summed E-state index contributed by atoms with van der Waals surface area (Å²) in [4.78, 5) is 0. The third-order valence-corrected chi connectivity index (χ3v) is 4.72. The molecule has 3 heteroatoms. The highest BCUT2D eigenvalue weighted by molar-refractivity contribution is 5.64. The summed E-state index contributed by atoms with van der Waals surface area (Å²) in [7, 11) is 0. The highest BCUT2D eigenvalue weighted by Gasteiger charge is 2.30. The van der Waals surface area contributed by atoms with E-state index in [2.05, 4.69) is 25.0 Å². The van der Waals surface area contributed by atoms with Gasteiger partial charge in [0.1, 0.15) is 28.8 Å². The molecule has 3 nitrogen and oxygen atoms in total. The minimum atomic E-state index is -0.455. The van der Waals surface area contributed by atoms with Crippen LogP contribution in [0.1, 0.15) is 48.0 Å². The van der Waals surface area contributed by atoms with Gasteiger partial charge in [0.25, 0.3) is 0 Å². The molecule has 0 aromatic heterocycles. The molecule has 2 atom stereocenters. The standard InChI is InChI=1S/C24H30O3/c1-7-24(6,18(2)16-17-25)27-22-14-10-20(11-15-22)19-8-12-21(13-9-19)26-23(3,4)5/h8-15,18,25H,7H2,1-6H3. The SMILES string of the molecule is CCC(C)(Oc1ccc(-c2ccc(OC(C)(C)C)cc2)cc1)C(C)C#CO. The molecule has 0 saturated carbocycles. The molecule has 0 heterocycles. The van der Waals surface area contributed by atoms with Gasteiger partial charge in [-0.1, -0.05) is 37.1 Å². The summed E-state index contributed by atoms with van der Waals surface area (Å²) in [6.45, 7) is 12.2. The van der Waals surface area contributed by atoms with E-state index in [1.807, 2.05) is 77.1 Å². The van der Waals surface area contributed by atoms with Gasteiger partial charge in [-0.15, -0.1) is 0 Å². The van der Waals surface area contributed by atoms with Gasteiger partial charge in [0.2, 0.25) is 0 Å². The monoisotopic (exact) mass is 366 g/mol. The van der Waals surface area contributed by atoms with Crippen molar-refractivity contribution < 1.29 is 14.6 Å². The van der Waals surface area contributed by atoms with Crippen LogP contribution in [-0.2, 0) is 0 Å². The quantitative estimate of drug-likeness (QED) is 0.633. The van der Waals surface area contributed by atoms with E-state index >= 15 is 0 Å². The van der Waals surface area contributed by atoms with E-state index < -0.39 is 5.60 Å². The fraction of sp³-hybridized carbons (Fsp3) is 0.417. The second kappa shape index (κ2) is 8.39. The Morgan fingerprint density at radius 3 is 1.67 bits per heavy atom. The van der Waals surface area contributed by atoms with Crippen molar-refractivity contribution in [3.05, 3.63) is 48.5 Å². The summed E-state index contributed by atoms with van der Waals surface area (Å²) < 4.78 is 12.1. The molecule has 27 heavy (non-hydrogen) atoms. The fourth-order valence-electron chi connectivity index (χ4n) is 2.77. The van der Waals surface area contributed by atoms with Crippen LogP contribution in [0, 0.1) is 17.9 Å². The molecule has 2 unspecified atom stereocenters. The molecule has 0 radical (unpaired) electrons. The van der Waals surface area contributed by atoms with Gasteiger partial charge in [0, 0.05) is 0 Å². The van der Waals surface area contributed by atoms with Gasteiger partial charge in [-0.05, 0) is 76.4 Å². The van der Waals surface area contributed by atoms with Gasteiger partial charge in [0.05, 0.1) is 5.92 Å².